The minimum atomic E-state index is 0.422. The third kappa shape index (κ3) is 0.909. The number of hydrogen-bond acceptors (Lipinski definition) is 2. The standard InChI is InChI=1S/C11H19NO/c12-9-8-4-3-7-13-10(8)11(9)5-1-2-6-11/h8-10H,1-7,12H2/t8-,9-,10+/m1/s1. The highest BCUT2D eigenvalue weighted by Crippen LogP contribution is 2.58. The molecule has 0 radical (unpaired) electrons. The van der Waals surface area contributed by atoms with E-state index in [0.29, 0.717) is 23.5 Å². The van der Waals surface area contributed by atoms with Crippen LogP contribution in [0.3, 0.4) is 0 Å². The minimum Gasteiger partial charge on any atom is -0.377 e. The van der Waals surface area contributed by atoms with Crippen LogP contribution in [0.25, 0.3) is 0 Å². The summed E-state index contributed by atoms with van der Waals surface area (Å²) in [6, 6.07) is 0.459. The van der Waals surface area contributed by atoms with Gasteiger partial charge in [-0.1, -0.05) is 12.8 Å². The quantitative estimate of drug-likeness (QED) is 0.617. The number of rotatable bonds is 0. The van der Waals surface area contributed by atoms with Crippen molar-refractivity contribution in [3.63, 3.8) is 0 Å². The van der Waals surface area contributed by atoms with Crippen LogP contribution in [-0.2, 0) is 4.74 Å². The first-order valence-corrected chi connectivity index (χ1v) is 5.72. The van der Waals surface area contributed by atoms with Crippen LogP contribution >= 0.6 is 0 Å². The summed E-state index contributed by atoms with van der Waals surface area (Å²) in [5.41, 5.74) is 6.72. The van der Waals surface area contributed by atoms with E-state index >= 15 is 0 Å². The van der Waals surface area contributed by atoms with Gasteiger partial charge in [-0.15, -0.1) is 0 Å². The van der Waals surface area contributed by atoms with Gasteiger partial charge in [-0.05, 0) is 25.7 Å². The molecule has 0 amide bonds. The fourth-order valence-corrected chi connectivity index (χ4v) is 3.91. The number of nitrogens with two attached hydrogens (primary N) is 1. The minimum absolute atomic E-state index is 0.422. The molecule has 0 bridgehead atoms. The van der Waals surface area contributed by atoms with Gasteiger partial charge in [0.2, 0.25) is 0 Å². The van der Waals surface area contributed by atoms with Crippen LogP contribution in [0.2, 0.25) is 0 Å². The third-order valence-corrected chi connectivity index (χ3v) is 4.59. The van der Waals surface area contributed by atoms with E-state index in [2.05, 4.69) is 0 Å². The van der Waals surface area contributed by atoms with Gasteiger partial charge in [-0.2, -0.15) is 0 Å². The van der Waals surface area contributed by atoms with Crippen molar-refractivity contribution in [2.45, 2.75) is 50.7 Å². The molecule has 2 heteroatoms. The molecule has 0 aromatic rings. The summed E-state index contributed by atoms with van der Waals surface area (Å²) in [6.45, 7) is 0.982. The molecule has 0 aromatic heterocycles. The Kier molecular flexibility index (Phi) is 1.72. The predicted octanol–water partition coefficient (Wildman–Crippen LogP) is 1.68. The van der Waals surface area contributed by atoms with Crippen LogP contribution < -0.4 is 5.73 Å². The molecular formula is C11H19NO. The van der Waals surface area contributed by atoms with E-state index in [1.165, 1.54) is 38.5 Å². The molecule has 3 atom stereocenters. The summed E-state index contributed by atoms with van der Waals surface area (Å²) in [6.07, 6.45) is 8.49. The average Bonchev–Trinajstić information content (AvgIpc) is 2.68. The zero-order chi connectivity index (χ0) is 8.89. The van der Waals surface area contributed by atoms with Gasteiger partial charge in [0.15, 0.2) is 0 Å². The largest absolute Gasteiger partial charge is 0.377 e. The van der Waals surface area contributed by atoms with Gasteiger partial charge in [0.1, 0.15) is 0 Å². The number of fused-ring (bicyclic) bond motifs is 2. The van der Waals surface area contributed by atoms with Crippen LogP contribution in [0.4, 0.5) is 0 Å². The van der Waals surface area contributed by atoms with Crippen molar-refractivity contribution in [3.05, 3.63) is 0 Å². The molecule has 1 heterocycles. The number of hydrogen-bond donors (Lipinski definition) is 1. The Balaban J connectivity index is 1.82. The van der Waals surface area contributed by atoms with E-state index in [0.717, 1.165) is 6.61 Å². The van der Waals surface area contributed by atoms with Gasteiger partial charge < -0.3 is 10.5 Å². The van der Waals surface area contributed by atoms with E-state index < -0.39 is 0 Å². The molecule has 0 aromatic carbocycles. The summed E-state index contributed by atoms with van der Waals surface area (Å²) >= 11 is 0. The van der Waals surface area contributed by atoms with Crippen molar-refractivity contribution in [2.75, 3.05) is 6.61 Å². The normalized spacial score (nSPS) is 47.3. The van der Waals surface area contributed by atoms with Gasteiger partial charge in [0.05, 0.1) is 6.10 Å². The van der Waals surface area contributed by atoms with Crippen molar-refractivity contribution < 1.29 is 4.74 Å². The molecule has 1 aliphatic heterocycles. The Morgan fingerprint density at radius 3 is 2.69 bits per heavy atom. The highest BCUT2D eigenvalue weighted by Gasteiger charge is 2.61. The second kappa shape index (κ2) is 2.71. The lowest BCUT2D eigenvalue weighted by Gasteiger charge is -2.60. The molecule has 2 saturated carbocycles. The first-order valence-electron chi connectivity index (χ1n) is 5.72. The first-order chi connectivity index (χ1) is 6.34. The molecule has 2 aliphatic carbocycles. The second-order valence-corrected chi connectivity index (χ2v) is 5.06. The average molecular weight is 181 g/mol. The van der Waals surface area contributed by atoms with Crippen LogP contribution in [-0.4, -0.2) is 18.8 Å². The van der Waals surface area contributed by atoms with Gasteiger partial charge in [0, 0.05) is 24.0 Å². The van der Waals surface area contributed by atoms with Gasteiger partial charge >= 0.3 is 0 Å². The Morgan fingerprint density at radius 1 is 1.15 bits per heavy atom. The van der Waals surface area contributed by atoms with Crippen LogP contribution in [0.1, 0.15) is 38.5 Å². The lowest BCUT2D eigenvalue weighted by Crippen LogP contribution is -2.69. The van der Waals surface area contributed by atoms with Crippen molar-refractivity contribution in [2.24, 2.45) is 17.1 Å². The molecule has 2 N–H and O–H groups in total. The Labute approximate surface area is 79.8 Å². The maximum Gasteiger partial charge on any atom is 0.0689 e. The van der Waals surface area contributed by atoms with E-state index in [9.17, 15) is 0 Å². The summed E-state index contributed by atoms with van der Waals surface area (Å²) < 4.78 is 5.91. The maximum atomic E-state index is 6.29. The van der Waals surface area contributed by atoms with E-state index in [1.54, 1.807) is 0 Å². The summed E-state index contributed by atoms with van der Waals surface area (Å²) in [5, 5.41) is 0. The molecule has 3 aliphatic rings. The van der Waals surface area contributed by atoms with Crippen LogP contribution in [0.15, 0.2) is 0 Å². The molecule has 2 nitrogen and oxygen atoms in total. The fourth-order valence-electron chi connectivity index (χ4n) is 3.91. The van der Waals surface area contributed by atoms with E-state index in [-0.39, 0.29) is 0 Å². The molecule has 3 rings (SSSR count). The highest BCUT2D eigenvalue weighted by atomic mass is 16.5. The topological polar surface area (TPSA) is 35.2 Å². The van der Waals surface area contributed by atoms with Crippen molar-refractivity contribution in [1.82, 2.24) is 0 Å². The van der Waals surface area contributed by atoms with Gasteiger partial charge in [-0.25, -0.2) is 0 Å². The van der Waals surface area contributed by atoms with Crippen LogP contribution in [0, 0.1) is 11.3 Å². The lowest BCUT2D eigenvalue weighted by molar-refractivity contribution is -0.196. The van der Waals surface area contributed by atoms with Gasteiger partial charge in [-0.3, -0.25) is 0 Å². The first kappa shape index (κ1) is 8.25. The molecule has 1 saturated heterocycles. The highest BCUT2D eigenvalue weighted by molar-refractivity contribution is 5.14. The smallest absolute Gasteiger partial charge is 0.0689 e. The van der Waals surface area contributed by atoms with Crippen LogP contribution in [0.5, 0.6) is 0 Å². The van der Waals surface area contributed by atoms with E-state index in [1.807, 2.05) is 0 Å². The second-order valence-electron chi connectivity index (χ2n) is 5.06. The lowest BCUT2D eigenvalue weighted by atomic mass is 9.53. The Bertz CT molecular complexity index is 210. The van der Waals surface area contributed by atoms with E-state index in [4.69, 9.17) is 10.5 Å². The Hall–Kier alpha value is -0.0800. The molecule has 13 heavy (non-hydrogen) atoms. The predicted molar refractivity (Wildman–Crippen MR) is 51.3 cm³/mol. The SMILES string of the molecule is N[C@@H]1[C@H]2CCCO[C@@H]2C12CCCC2. The summed E-state index contributed by atoms with van der Waals surface area (Å²) in [4.78, 5) is 0. The van der Waals surface area contributed by atoms with Crippen molar-refractivity contribution in [3.8, 4) is 0 Å². The maximum absolute atomic E-state index is 6.29. The zero-order valence-electron chi connectivity index (χ0n) is 8.17. The summed E-state index contributed by atoms with van der Waals surface area (Å²) in [5.74, 6) is 0.701. The molecular weight excluding hydrogens is 162 g/mol. The van der Waals surface area contributed by atoms with Gasteiger partial charge in [0.25, 0.3) is 0 Å². The molecule has 0 unspecified atom stereocenters. The Morgan fingerprint density at radius 2 is 1.92 bits per heavy atom. The molecule has 74 valence electrons. The van der Waals surface area contributed by atoms with Crippen molar-refractivity contribution >= 4 is 0 Å². The number of ether oxygens (including phenoxy) is 1. The molecule has 1 spiro atoms. The zero-order valence-corrected chi connectivity index (χ0v) is 8.17. The molecule has 3 fully saturated rings. The third-order valence-electron chi connectivity index (χ3n) is 4.59. The fraction of sp³-hybridized carbons (Fsp3) is 1.00. The summed E-state index contributed by atoms with van der Waals surface area (Å²) in [7, 11) is 0. The monoisotopic (exact) mass is 181 g/mol. The van der Waals surface area contributed by atoms with Crippen molar-refractivity contribution in [1.29, 1.82) is 0 Å².